The number of carbonyl (C=O) groups is 2. The molecule has 25 heavy (non-hydrogen) atoms. The average molecular weight is 347 g/mol. The highest BCUT2D eigenvalue weighted by atomic mass is 19.1. The van der Waals surface area contributed by atoms with Gasteiger partial charge in [-0.2, -0.15) is 0 Å². The van der Waals surface area contributed by atoms with Crippen LogP contribution in [0.1, 0.15) is 11.1 Å². The Bertz CT molecular complexity index is 761. The van der Waals surface area contributed by atoms with Crippen molar-refractivity contribution in [3.05, 3.63) is 59.4 Å². The van der Waals surface area contributed by atoms with Crippen LogP contribution in [0.25, 0.3) is 0 Å². The summed E-state index contributed by atoms with van der Waals surface area (Å²) < 4.78 is 23.3. The number of halogens is 1. The number of esters is 1. The monoisotopic (exact) mass is 347 g/mol. The molecule has 0 atom stereocenters. The zero-order valence-electron chi connectivity index (χ0n) is 13.9. The van der Waals surface area contributed by atoms with E-state index in [1.54, 1.807) is 19.1 Å². The maximum atomic E-state index is 13.6. The van der Waals surface area contributed by atoms with E-state index >= 15 is 0 Å². The van der Waals surface area contributed by atoms with Gasteiger partial charge in [-0.05, 0) is 36.2 Å². The molecule has 2 aromatic rings. The molecule has 0 spiro atoms. The summed E-state index contributed by atoms with van der Waals surface area (Å²) in [7, 11) is 1.21. The van der Waals surface area contributed by atoms with E-state index in [-0.39, 0.29) is 24.6 Å². The minimum Gasteiger partial charge on any atom is -0.508 e. The quantitative estimate of drug-likeness (QED) is 0.842. The Morgan fingerprint density at radius 1 is 1.16 bits per heavy atom. The van der Waals surface area contributed by atoms with E-state index < -0.39 is 17.9 Å². The van der Waals surface area contributed by atoms with Crippen molar-refractivity contribution in [2.75, 3.05) is 13.7 Å². The lowest BCUT2D eigenvalue weighted by Crippen LogP contribution is -2.37. The number of phenols is 1. The smallest absolute Gasteiger partial charge is 0.416 e. The first kappa shape index (κ1) is 18.3. The predicted octanol–water partition coefficient (Wildman–Crippen LogP) is 3.01. The number of aryl methyl sites for hydroxylation is 1. The maximum Gasteiger partial charge on any atom is 0.416 e. The second-order valence-corrected chi connectivity index (χ2v) is 5.38. The minimum atomic E-state index is -0.818. The number of hydrogen-bond acceptors (Lipinski definition) is 5. The van der Waals surface area contributed by atoms with Crippen LogP contribution in [0.2, 0.25) is 0 Å². The second-order valence-electron chi connectivity index (χ2n) is 5.38. The summed E-state index contributed by atoms with van der Waals surface area (Å²) in [6.07, 6.45) is -0.818. The standard InChI is InChI=1S/C18H18FNO5/c1-12-3-8-15(9-16(12)19)25-18(23)20(11-17(22)24-2)10-13-4-6-14(21)7-5-13/h3-9,21H,10-11H2,1-2H3. The number of amides is 1. The molecule has 7 heteroatoms. The fourth-order valence-corrected chi connectivity index (χ4v) is 2.03. The molecule has 0 saturated heterocycles. The van der Waals surface area contributed by atoms with Gasteiger partial charge in [0.15, 0.2) is 0 Å². The van der Waals surface area contributed by atoms with Crippen LogP contribution in [0.3, 0.4) is 0 Å². The van der Waals surface area contributed by atoms with Crippen molar-refractivity contribution in [1.82, 2.24) is 4.90 Å². The molecule has 0 radical (unpaired) electrons. The van der Waals surface area contributed by atoms with Crippen LogP contribution in [0.4, 0.5) is 9.18 Å². The van der Waals surface area contributed by atoms with Gasteiger partial charge in [0.05, 0.1) is 7.11 Å². The lowest BCUT2D eigenvalue weighted by atomic mass is 10.2. The number of carbonyl (C=O) groups excluding carboxylic acids is 2. The molecular weight excluding hydrogens is 329 g/mol. The number of nitrogens with zero attached hydrogens (tertiary/aromatic N) is 1. The summed E-state index contributed by atoms with van der Waals surface area (Å²) in [5, 5.41) is 9.31. The van der Waals surface area contributed by atoms with Crippen molar-refractivity contribution in [2.45, 2.75) is 13.5 Å². The molecule has 0 saturated carbocycles. The molecule has 6 nitrogen and oxygen atoms in total. The third-order valence-corrected chi connectivity index (χ3v) is 3.46. The van der Waals surface area contributed by atoms with Crippen molar-refractivity contribution in [3.8, 4) is 11.5 Å². The Morgan fingerprint density at radius 3 is 2.44 bits per heavy atom. The van der Waals surface area contributed by atoms with Gasteiger partial charge in [-0.25, -0.2) is 9.18 Å². The number of phenolic OH excluding ortho intramolecular Hbond substituents is 1. The van der Waals surface area contributed by atoms with Crippen molar-refractivity contribution in [1.29, 1.82) is 0 Å². The van der Waals surface area contributed by atoms with E-state index in [4.69, 9.17) is 4.74 Å². The van der Waals surface area contributed by atoms with Crippen LogP contribution in [0, 0.1) is 12.7 Å². The molecule has 0 unspecified atom stereocenters. The third-order valence-electron chi connectivity index (χ3n) is 3.46. The number of hydrogen-bond donors (Lipinski definition) is 1. The summed E-state index contributed by atoms with van der Waals surface area (Å²) in [6, 6.07) is 10.2. The summed E-state index contributed by atoms with van der Waals surface area (Å²) in [6.45, 7) is 1.32. The van der Waals surface area contributed by atoms with Gasteiger partial charge in [-0.3, -0.25) is 9.69 Å². The molecule has 0 fully saturated rings. The van der Waals surface area contributed by atoms with Gasteiger partial charge in [0.25, 0.3) is 0 Å². The Hall–Kier alpha value is -3.09. The van der Waals surface area contributed by atoms with E-state index in [0.717, 1.165) is 11.0 Å². The summed E-state index contributed by atoms with van der Waals surface area (Å²) in [5.41, 5.74) is 1.10. The molecule has 0 aliphatic heterocycles. The Kier molecular flexibility index (Phi) is 5.94. The van der Waals surface area contributed by atoms with Crippen LogP contribution in [-0.2, 0) is 16.1 Å². The minimum absolute atomic E-state index is 0.0358. The molecule has 2 aromatic carbocycles. The van der Waals surface area contributed by atoms with Gasteiger partial charge < -0.3 is 14.6 Å². The summed E-state index contributed by atoms with van der Waals surface area (Å²) in [4.78, 5) is 25.0. The van der Waals surface area contributed by atoms with Crippen LogP contribution in [0.15, 0.2) is 42.5 Å². The van der Waals surface area contributed by atoms with Crippen molar-refractivity contribution in [3.63, 3.8) is 0 Å². The van der Waals surface area contributed by atoms with Crippen molar-refractivity contribution in [2.24, 2.45) is 0 Å². The number of benzene rings is 2. The Labute approximate surface area is 144 Å². The van der Waals surface area contributed by atoms with Gasteiger partial charge in [0, 0.05) is 12.6 Å². The lowest BCUT2D eigenvalue weighted by Gasteiger charge is -2.21. The highest BCUT2D eigenvalue weighted by Gasteiger charge is 2.20. The number of ether oxygens (including phenoxy) is 2. The lowest BCUT2D eigenvalue weighted by molar-refractivity contribution is -0.141. The number of rotatable bonds is 5. The zero-order chi connectivity index (χ0) is 18.4. The van der Waals surface area contributed by atoms with Crippen LogP contribution in [0.5, 0.6) is 11.5 Å². The molecular formula is C18H18FNO5. The normalized spacial score (nSPS) is 10.2. The topological polar surface area (TPSA) is 76.1 Å². The third kappa shape index (κ3) is 5.20. The first-order chi connectivity index (χ1) is 11.9. The molecule has 1 N–H and O–H groups in total. The maximum absolute atomic E-state index is 13.6. The molecule has 0 aromatic heterocycles. The van der Waals surface area contributed by atoms with Crippen LogP contribution < -0.4 is 4.74 Å². The van der Waals surface area contributed by atoms with E-state index in [2.05, 4.69) is 4.74 Å². The van der Waals surface area contributed by atoms with E-state index in [1.165, 1.54) is 31.4 Å². The molecule has 132 valence electrons. The van der Waals surface area contributed by atoms with Gasteiger partial charge in [0.2, 0.25) is 0 Å². The number of methoxy groups -OCH3 is 1. The van der Waals surface area contributed by atoms with Crippen LogP contribution >= 0.6 is 0 Å². The first-order valence-electron chi connectivity index (χ1n) is 7.46. The summed E-state index contributed by atoms with van der Waals surface area (Å²) >= 11 is 0. The van der Waals surface area contributed by atoms with Gasteiger partial charge >= 0.3 is 12.1 Å². The van der Waals surface area contributed by atoms with Crippen LogP contribution in [-0.4, -0.2) is 35.7 Å². The second kappa shape index (κ2) is 8.14. The largest absolute Gasteiger partial charge is 0.508 e. The Morgan fingerprint density at radius 2 is 1.84 bits per heavy atom. The average Bonchev–Trinajstić information content (AvgIpc) is 2.59. The molecule has 0 heterocycles. The molecule has 0 aliphatic rings. The van der Waals surface area contributed by atoms with Crippen molar-refractivity contribution < 1.29 is 28.6 Å². The molecule has 2 rings (SSSR count). The zero-order valence-corrected chi connectivity index (χ0v) is 13.9. The SMILES string of the molecule is COC(=O)CN(Cc1ccc(O)cc1)C(=O)Oc1ccc(C)c(F)c1. The van der Waals surface area contributed by atoms with E-state index in [9.17, 15) is 19.1 Å². The predicted molar refractivity (Wildman–Crippen MR) is 87.7 cm³/mol. The van der Waals surface area contributed by atoms with Gasteiger partial charge in [0.1, 0.15) is 23.9 Å². The van der Waals surface area contributed by atoms with Gasteiger partial charge in [-0.15, -0.1) is 0 Å². The number of aromatic hydroxyl groups is 1. The molecule has 0 bridgehead atoms. The fourth-order valence-electron chi connectivity index (χ4n) is 2.03. The Balaban J connectivity index is 2.15. The highest BCUT2D eigenvalue weighted by Crippen LogP contribution is 2.18. The van der Waals surface area contributed by atoms with E-state index in [1.807, 2.05) is 0 Å². The molecule has 0 aliphatic carbocycles. The fraction of sp³-hybridized carbons (Fsp3) is 0.222. The van der Waals surface area contributed by atoms with Crippen molar-refractivity contribution >= 4 is 12.1 Å². The highest BCUT2D eigenvalue weighted by molar-refractivity contribution is 5.79. The van der Waals surface area contributed by atoms with E-state index in [0.29, 0.717) is 11.1 Å². The van der Waals surface area contributed by atoms with Gasteiger partial charge in [-0.1, -0.05) is 18.2 Å². The molecule has 1 amide bonds. The summed E-state index contributed by atoms with van der Waals surface area (Å²) in [5.74, 6) is -0.996. The first-order valence-corrected chi connectivity index (χ1v) is 7.46.